The van der Waals surface area contributed by atoms with E-state index in [1.807, 2.05) is 24.3 Å². The summed E-state index contributed by atoms with van der Waals surface area (Å²) in [4.78, 5) is 22.2. The third-order valence-corrected chi connectivity index (χ3v) is 5.16. The molecule has 1 aromatic carbocycles. The molecule has 0 saturated heterocycles. The molecule has 0 heterocycles. The van der Waals surface area contributed by atoms with Crippen molar-refractivity contribution >= 4 is 23.7 Å². The van der Waals surface area contributed by atoms with E-state index in [-0.39, 0.29) is 17.8 Å². The van der Waals surface area contributed by atoms with Crippen LogP contribution < -0.4 is 0 Å². The van der Waals surface area contributed by atoms with Crippen molar-refractivity contribution in [3.05, 3.63) is 35.4 Å². The molecular weight excluding hydrogens is 288 g/mol. The van der Waals surface area contributed by atoms with Gasteiger partial charge in [-0.25, -0.2) is 0 Å². The number of hydrogen-bond donors (Lipinski definition) is 1. The molecule has 0 bridgehead atoms. The molecule has 0 spiro atoms. The molecule has 0 atom stereocenters. The monoisotopic (exact) mass is 308 g/mol. The highest BCUT2D eigenvalue weighted by molar-refractivity contribution is 7.98. The highest BCUT2D eigenvalue weighted by Crippen LogP contribution is 2.51. The summed E-state index contributed by atoms with van der Waals surface area (Å²) in [7, 11) is 1.42. The van der Waals surface area contributed by atoms with Crippen LogP contribution >= 0.6 is 11.8 Å². The van der Waals surface area contributed by atoms with E-state index < -0.39 is 5.97 Å². The maximum atomic E-state index is 11.4. The van der Waals surface area contributed by atoms with E-state index in [0.717, 1.165) is 35.5 Å². The van der Waals surface area contributed by atoms with Crippen LogP contribution in [-0.2, 0) is 26.5 Å². The van der Waals surface area contributed by atoms with Crippen LogP contribution in [0.2, 0.25) is 0 Å². The Balaban J connectivity index is 1.86. The lowest BCUT2D eigenvalue weighted by atomic mass is 10.1. The minimum absolute atomic E-state index is 0.0596. The summed E-state index contributed by atoms with van der Waals surface area (Å²) in [6.07, 6.45) is 2.70. The van der Waals surface area contributed by atoms with Crippen molar-refractivity contribution in [1.82, 2.24) is 0 Å². The molecule has 5 heteroatoms. The quantitative estimate of drug-likeness (QED) is 0.748. The first-order valence-corrected chi connectivity index (χ1v) is 8.13. The molecule has 21 heavy (non-hydrogen) atoms. The summed E-state index contributed by atoms with van der Waals surface area (Å²) in [6.45, 7) is 0. The number of aliphatic carboxylic acids is 1. The summed E-state index contributed by atoms with van der Waals surface area (Å²) in [5.74, 6) is 0.756. The van der Waals surface area contributed by atoms with E-state index in [1.165, 1.54) is 7.11 Å². The third kappa shape index (κ3) is 4.77. The van der Waals surface area contributed by atoms with Gasteiger partial charge in [0.2, 0.25) is 0 Å². The minimum Gasteiger partial charge on any atom is -0.481 e. The Kier molecular flexibility index (Phi) is 5.28. The number of hydrogen-bond acceptors (Lipinski definition) is 4. The average molecular weight is 308 g/mol. The smallest absolute Gasteiger partial charge is 0.307 e. The van der Waals surface area contributed by atoms with Gasteiger partial charge in [0.1, 0.15) is 0 Å². The van der Waals surface area contributed by atoms with Gasteiger partial charge >= 0.3 is 11.9 Å². The van der Waals surface area contributed by atoms with Crippen molar-refractivity contribution in [3.63, 3.8) is 0 Å². The standard InChI is InChI=1S/C16H20O4S/c1-20-15(19)9-16(6-7-16)11-21-10-13-5-3-2-4-12(13)8-14(17)18/h2-5H,6-11H2,1H3,(H,17,18). The molecule has 2 rings (SSSR count). The van der Waals surface area contributed by atoms with Crippen LogP contribution in [0, 0.1) is 5.41 Å². The molecule has 0 aromatic heterocycles. The molecule has 1 saturated carbocycles. The Morgan fingerprint density at radius 3 is 2.52 bits per heavy atom. The number of ether oxygens (including phenoxy) is 1. The SMILES string of the molecule is COC(=O)CC1(CSCc2ccccc2CC(=O)O)CC1. The van der Waals surface area contributed by atoms with Crippen molar-refractivity contribution in [2.75, 3.05) is 12.9 Å². The van der Waals surface area contributed by atoms with Crippen LogP contribution in [-0.4, -0.2) is 29.9 Å². The van der Waals surface area contributed by atoms with E-state index in [1.54, 1.807) is 11.8 Å². The molecule has 1 N–H and O–H groups in total. The molecule has 0 radical (unpaired) electrons. The summed E-state index contributed by atoms with van der Waals surface area (Å²) in [5, 5.41) is 8.92. The van der Waals surface area contributed by atoms with Crippen molar-refractivity contribution in [1.29, 1.82) is 0 Å². The lowest BCUT2D eigenvalue weighted by Gasteiger charge is -2.14. The van der Waals surface area contributed by atoms with Gasteiger partial charge in [0.05, 0.1) is 20.0 Å². The highest BCUT2D eigenvalue weighted by Gasteiger charge is 2.44. The van der Waals surface area contributed by atoms with E-state index in [4.69, 9.17) is 9.84 Å². The van der Waals surface area contributed by atoms with E-state index in [2.05, 4.69) is 0 Å². The number of benzene rings is 1. The zero-order valence-electron chi connectivity index (χ0n) is 12.1. The molecular formula is C16H20O4S. The van der Waals surface area contributed by atoms with Gasteiger partial charge in [-0.2, -0.15) is 11.8 Å². The van der Waals surface area contributed by atoms with Crippen LogP contribution in [0.5, 0.6) is 0 Å². The van der Waals surface area contributed by atoms with Crippen molar-refractivity contribution in [2.24, 2.45) is 5.41 Å². The maximum absolute atomic E-state index is 11.4. The van der Waals surface area contributed by atoms with Gasteiger partial charge in [0, 0.05) is 5.75 Å². The molecule has 0 aliphatic heterocycles. The van der Waals surface area contributed by atoms with Gasteiger partial charge in [-0.1, -0.05) is 24.3 Å². The van der Waals surface area contributed by atoms with E-state index in [9.17, 15) is 9.59 Å². The van der Waals surface area contributed by atoms with Crippen LogP contribution in [0.3, 0.4) is 0 Å². The second-order valence-electron chi connectivity index (χ2n) is 5.58. The Morgan fingerprint density at radius 1 is 1.29 bits per heavy atom. The zero-order chi connectivity index (χ0) is 15.3. The molecule has 4 nitrogen and oxygen atoms in total. The number of thioether (sulfide) groups is 1. The first-order valence-electron chi connectivity index (χ1n) is 6.98. The van der Waals surface area contributed by atoms with Crippen LogP contribution in [0.15, 0.2) is 24.3 Å². The summed E-state index contributed by atoms with van der Waals surface area (Å²) in [6, 6.07) is 7.64. The minimum atomic E-state index is -0.809. The van der Waals surface area contributed by atoms with Crippen molar-refractivity contribution < 1.29 is 19.4 Å². The molecule has 0 amide bonds. The number of esters is 1. The molecule has 0 unspecified atom stereocenters. The first-order chi connectivity index (χ1) is 10.0. The van der Waals surface area contributed by atoms with E-state index >= 15 is 0 Å². The third-order valence-electron chi connectivity index (χ3n) is 3.83. The second kappa shape index (κ2) is 6.98. The Labute approximate surface area is 128 Å². The number of methoxy groups -OCH3 is 1. The summed E-state index contributed by atoms with van der Waals surface area (Å²) >= 11 is 1.77. The van der Waals surface area contributed by atoms with Gasteiger partial charge in [-0.05, 0) is 35.1 Å². The first kappa shape index (κ1) is 15.9. The van der Waals surface area contributed by atoms with Gasteiger partial charge < -0.3 is 9.84 Å². The summed E-state index contributed by atoms with van der Waals surface area (Å²) < 4.78 is 4.74. The van der Waals surface area contributed by atoms with Crippen molar-refractivity contribution in [2.45, 2.75) is 31.4 Å². The number of carboxylic acid groups (broad SMARTS) is 1. The average Bonchev–Trinajstić information content (AvgIpc) is 3.20. The Bertz CT molecular complexity index is 523. The van der Waals surface area contributed by atoms with Crippen LogP contribution in [0.1, 0.15) is 30.4 Å². The fraction of sp³-hybridized carbons (Fsp3) is 0.500. The largest absolute Gasteiger partial charge is 0.481 e. The van der Waals surface area contributed by atoms with E-state index in [0.29, 0.717) is 6.42 Å². The normalized spacial score (nSPS) is 15.5. The molecule has 114 valence electrons. The lowest BCUT2D eigenvalue weighted by Crippen LogP contribution is -2.13. The highest BCUT2D eigenvalue weighted by atomic mass is 32.2. The summed E-state index contributed by atoms with van der Waals surface area (Å²) in [5.41, 5.74) is 2.05. The Hall–Kier alpha value is -1.49. The van der Waals surface area contributed by atoms with Crippen LogP contribution in [0.25, 0.3) is 0 Å². The maximum Gasteiger partial charge on any atom is 0.307 e. The fourth-order valence-electron chi connectivity index (χ4n) is 2.34. The topological polar surface area (TPSA) is 63.6 Å². The number of carbonyl (C=O) groups is 2. The zero-order valence-corrected chi connectivity index (χ0v) is 12.9. The van der Waals surface area contributed by atoms with Crippen molar-refractivity contribution in [3.8, 4) is 0 Å². The number of carboxylic acids is 1. The predicted octanol–water partition coefficient (Wildman–Crippen LogP) is 2.89. The predicted molar refractivity (Wildman–Crippen MR) is 82.2 cm³/mol. The molecule has 1 aliphatic rings. The van der Waals surface area contributed by atoms with Gasteiger partial charge in [-0.15, -0.1) is 0 Å². The molecule has 1 fully saturated rings. The molecule has 1 aliphatic carbocycles. The Morgan fingerprint density at radius 2 is 1.95 bits per heavy atom. The number of rotatable bonds is 8. The molecule has 1 aromatic rings. The van der Waals surface area contributed by atoms with Gasteiger partial charge in [0.15, 0.2) is 0 Å². The van der Waals surface area contributed by atoms with Gasteiger partial charge in [0.25, 0.3) is 0 Å². The van der Waals surface area contributed by atoms with Crippen LogP contribution in [0.4, 0.5) is 0 Å². The fourth-order valence-corrected chi connectivity index (χ4v) is 3.77. The lowest BCUT2D eigenvalue weighted by molar-refractivity contribution is -0.142. The second-order valence-corrected chi connectivity index (χ2v) is 6.57. The van der Waals surface area contributed by atoms with Gasteiger partial charge in [-0.3, -0.25) is 9.59 Å². The number of carbonyl (C=O) groups excluding carboxylic acids is 1.